The number of anilines is 1. The lowest BCUT2D eigenvalue weighted by Crippen LogP contribution is -2.54. The number of piperidine rings is 1. The first-order chi connectivity index (χ1) is 21.5. The van der Waals surface area contributed by atoms with Gasteiger partial charge >= 0.3 is 0 Å². The number of carbonyl (C=O) groups is 2. The van der Waals surface area contributed by atoms with E-state index in [-0.39, 0.29) is 23.8 Å². The topological polar surface area (TPSA) is 115 Å². The van der Waals surface area contributed by atoms with Crippen molar-refractivity contribution in [3.63, 3.8) is 0 Å². The third-order valence-corrected chi connectivity index (χ3v) is 9.76. The van der Waals surface area contributed by atoms with Gasteiger partial charge in [0, 0.05) is 74.9 Å². The minimum atomic E-state index is -1.13. The second-order valence-corrected chi connectivity index (χ2v) is 13.6. The quantitative estimate of drug-likeness (QED) is 0.283. The smallest absolute Gasteiger partial charge is 0.266 e. The average Bonchev–Trinajstić information content (AvgIpc) is 3.88. The maximum Gasteiger partial charge on any atom is 0.266 e. The molecule has 0 aromatic heterocycles. The first-order valence-corrected chi connectivity index (χ1v) is 16.6. The van der Waals surface area contributed by atoms with E-state index in [0.29, 0.717) is 64.8 Å². The second-order valence-electron chi connectivity index (χ2n) is 12.4. The zero-order valence-corrected chi connectivity index (χ0v) is 28.0. The second kappa shape index (κ2) is 14.2. The highest BCUT2D eigenvalue weighted by atomic mass is 35.5. The van der Waals surface area contributed by atoms with Gasteiger partial charge in [0.2, 0.25) is 5.91 Å². The van der Waals surface area contributed by atoms with Crippen LogP contribution in [0, 0.1) is 11.3 Å². The number of allylic oxidation sites excluding steroid dienone is 1. The largest absolute Gasteiger partial charge is 0.476 e. The molecule has 4 N–H and O–H groups in total. The Hall–Kier alpha value is -2.98. The van der Waals surface area contributed by atoms with Crippen molar-refractivity contribution < 1.29 is 14.3 Å². The number of hydrogen-bond acceptors (Lipinski definition) is 7. The van der Waals surface area contributed by atoms with Gasteiger partial charge in [0.05, 0.1) is 16.6 Å². The minimum absolute atomic E-state index is 0.0896. The predicted octanol–water partition coefficient (Wildman–Crippen LogP) is 5.59. The summed E-state index contributed by atoms with van der Waals surface area (Å²) in [7, 11) is 0. The fraction of sp³-hybridized carbons (Fsp3) is 0.485. The van der Waals surface area contributed by atoms with E-state index in [1.165, 1.54) is 12.4 Å². The van der Waals surface area contributed by atoms with E-state index in [1.54, 1.807) is 36.9 Å². The van der Waals surface area contributed by atoms with Crippen molar-refractivity contribution in [2.45, 2.75) is 57.7 Å². The van der Waals surface area contributed by atoms with Crippen LogP contribution in [0.5, 0.6) is 5.75 Å². The number of nitrogens with zero attached hydrogens (tertiary/aromatic N) is 3. The normalized spacial score (nSPS) is 19.3. The van der Waals surface area contributed by atoms with Gasteiger partial charge in [0.15, 0.2) is 5.60 Å². The number of nitrogens with one attached hydrogen (secondary N) is 2. The summed E-state index contributed by atoms with van der Waals surface area (Å²) in [5.74, 6) is 0.128. The summed E-state index contributed by atoms with van der Waals surface area (Å²) in [6.07, 6.45) is 6.05. The van der Waals surface area contributed by atoms with Crippen LogP contribution in [-0.4, -0.2) is 78.7 Å². The summed E-state index contributed by atoms with van der Waals surface area (Å²) >= 11 is 20.3. The molecular formula is C33H41Cl3N6O3. The van der Waals surface area contributed by atoms with Gasteiger partial charge in [0.25, 0.3) is 5.91 Å². The molecule has 1 atom stereocenters. The SMILES string of the molecule is CC(C)(Oc1ccc(Cl)c(N2CCC[C@@H](C(=O)N(Cc3ccc(/C(C=N)=C/N)cc3Cl)C3CC3)C2)c1Cl)C(=O)N1CCNCC1. The number of piperazine rings is 1. The number of ether oxygens (including phenoxy) is 1. The first kappa shape index (κ1) is 33.4. The fourth-order valence-corrected chi connectivity index (χ4v) is 7.00. The molecule has 242 valence electrons. The van der Waals surface area contributed by atoms with Crippen LogP contribution in [0.3, 0.4) is 0 Å². The van der Waals surface area contributed by atoms with E-state index in [1.807, 2.05) is 17.0 Å². The van der Waals surface area contributed by atoms with Gasteiger partial charge in [0.1, 0.15) is 10.8 Å². The summed E-state index contributed by atoms with van der Waals surface area (Å²) in [4.78, 5) is 33.2. The molecule has 2 aromatic rings. The zero-order chi connectivity index (χ0) is 32.3. The van der Waals surface area contributed by atoms with Crippen molar-refractivity contribution >= 4 is 64.1 Å². The molecule has 1 saturated carbocycles. The number of nitrogens with two attached hydrogens (primary N) is 1. The predicted molar refractivity (Wildman–Crippen MR) is 182 cm³/mol. The molecule has 5 rings (SSSR count). The highest BCUT2D eigenvalue weighted by molar-refractivity contribution is 6.40. The molecule has 3 aliphatic rings. The molecule has 9 nitrogen and oxygen atoms in total. The van der Waals surface area contributed by atoms with Gasteiger partial charge in [-0.2, -0.15) is 0 Å². The Morgan fingerprint density at radius 1 is 1.09 bits per heavy atom. The van der Waals surface area contributed by atoms with E-state index in [0.717, 1.165) is 49.9 Å². The Bertz CT molecular complexity index is 1470. The van der Waals surface area contributed by atoms with Crippen LogP contribution in [-0.2, 0) is 16.1 Å². The van der Waals surface area contributed by atoms with Crippen molar-refractivity contribution in [2.24, 2.45) is 11.7 Å². The zero-order valence-electron chi connectivity index (χ0n) is 25.8. The van der Waals surface area contributed by atoms with Crippen molar-refractivity contribution in [1.82, 2.24) is 15.1 Å². The Labute approximate surface area is 280 Å². The Kier molecular flexibility index (Phi) is 10.5. The molecule has 0 radical (unpaired) electrons. The number of benzene rings is 2. The highest BCUT2D eigenvalue weighted by Crippen LogP contribution is 2.43. The molecule has 0 bridgehead atoms. The Balaban J connectivity index is 1.32. The summed E-state index contributed by atoms with van der Waals surface area (Å²) in [6.45, 7) is 7.82. The van der Waals surface area contributed by atoms with Crippen LogP contribution in [0.1, 0.15) is 50.7 Å². The summed E-state index contributed by atoms with van der Waals surface area (Å²) in [5.41, 5.74) is 7.31. The van der Waals surface area contributed by atoms with E-state index >= 15 is 0 Å². The van der Waals surface area contributed by atoms with Crippen LogP contribution < -0.4 is 20.7 Å². The molecule has 45 heavy (non-hydrogen) atoms. The van der Waals surface area contributed by atoms with Crippen molar-refractivity contribution in [3.05, 3.63) is 62.7 Å². The minimum Gasteiger partial charge on any atom is -0.476 e. The molecule has 3 fully saturated rings. The van der Waals surface area contributed by atoms with Gasteiger partial charge in [-0.1, -0.05) is 46.9 Å². The number of rotatable bonds is 10. The molecule has 2 saturated heterocycles. The van der Waals surface area contributed by atoms with Crippen LogP contribution in [0.4, 0.5) is 5.69 Å². The lowest BCUT2D eigenvalue weighted by molar-refractivity contribution is -0.146. The monoisotopic (exact) mass is 674 g/mol. The molecule has 2 aromatic carbocycles. The van der Waals surface area contributed by atoms with Gasteiger partial charge < -0.3 is 35.9 Å². The lowest BCUT2D eigenvalue weighted by Gasteiger charge is -2.38. The molecule has 0 unspecified atom stereocenters. The number of amides is 2. The molecule has 2 aliphatic heterocycles. The fourth-order valence-electron chi connectivity index (χ4n) is 6.11. The van der Waals surface area contributed by atoms with Crippen LogP contribution in [0.25, 0.3) is 5.57 Å². The van der Waals surface area contributed by atoms with Crippen molar-refractivity contribution in [2.75, 3.05) is 44.2 Å². The van der Waals surface area contributed by atoms with Gasteiger partial charge in [-0.3, -0.25) is 9.59 Å². The molecular weight excluding hydrogens is 635 g/mol. The summed E-state index contributed by atoms with van der Waals surface area (Å²) < 4.78 is 6.26. The molecule has 0 spiro atoms. The summed E-state index contributed by atoms with van der Waals surface area (Å²) in [6, 6.07) is 9.19. The number of halogens is 3. The van der Waals surface area contributed by atoms with E-state index in [4.69, 9.17) is 50.7 Å². The van der Waals surface area contributed by atoms with Crippen molar-refractivity contribution in [3.8, 4) is 5.75 Å². The maximum atomic E-state index is 14.1. The van der Waals surface area contributed by atoms with Crippen LogP contribution in [0.15, 0.2) is 36.5 Å². The maximum absolute atomic E-state index is 14.1. The van der Waals surface area contributed by atoms with E-state index < -0.39 is 5.60 Å². The number of hydrogen-bond donors (Lipinski definition) is 3. The summed E-state index contributed by atoms with van der Waals surface area (Å²) in [5, 5.41) is 12.2. The molecule has 2 heterocycles. The van der Waals surface area contributed by atoms with Crippen LogP contribution >= 0.6 is 34.8 Å². The molecule has 1 aliphatic carbocycles. The number of carbonyl (C=O) groups excluding carboxylic acids is 2. The molecule has 12 heteroatoms. The van der Waals surface area contributed by atoms with Gasteiger partial charge in [-0.15, -0.1) is 0 Å². The molecule has 2 amide bonds. The standard InChI is InChI=1S/C33H41Cl3N6O3/c1-33(2,32(44)40-14-11-39-12-15-40)45-28-10-9-26(34)30(29(28)36)41-13-3-4-23(19-41)31(43)42(25-7-8-25)20-22-6-5-21(16-27(22)35)24(17-37)18-38/h5-6,9-10,16-18,23,25,37,39H,3-4,7-8,11-15,19-20,38H2,1-2H3/b24-18+,37-17?/t23-/m1/s1. The average molecular weight is 676 g/mol. The Morgan fingerprint density at radius 2 is 1.82 bits per heavy atom. The lowest BCUT2D eigenvalue weighted by atomic mass is 9.95. The van der Waals surface area contributed by atoms with Crippen molar-refractivity contribution in [1.29, 1.82) is 5.41 Å². The van der Waals surface area contributed by atoms with Gasteiger partial charge in [-0.25, -0.2) is 0 Å². The van der Waals surface area contributed by atoms with E-state index in [2.05, 4.69) is 10.2 Å². The first-order valence-electron chi connectivity index (χ1n) is 15.5. The Morgan fingerprint density at radius 3 is 2.47 bits per heavy atom. The van der Waals surface area contributed by atoms with E-state index in [9.17, 15) is 9.59 Å². The third kappa shape index (κ3) is 7.54. The van der Waals surface area contributed by atoms with Crippen LogP contribution in [0.2, 0.25) is 15.1 Å². The van der Waals surface area contributed by atoms with Gasteiger partial charge in [-0.05, 0) is 68.9 Å². The third-order valence-electron chi connectivity index (χ3n) is 8.74. The highest BCUT2D eigenvalue weighted by Gasteiger charge is 2.39.